The van der Waals surface area contributed by atoms with Gasteiger partial charge in [0.25, 0.3) is 5.69 Å². The summed E-state index contributed by atoms with van der Waals surface area (Å²) in [6.45, 7) is 2.19. The molecule has 0 saturated carbocycles. The molecule has 2 rings (SSSR count). The predicted molar refractivity (Wildman–Crippen MR) is 96.2 cm³/mol. The maximum absolute atomic E-state index is 12.3. The van der Waals surface area contributed by atoms with Gasteiger partial charge in [-0.1, -0.05) is 6.92 Å². The van der Waals surface area contributed by atoms with Crippen molar-refractivity contribution in [3.63, 3.8) is 0 Å². The molecule has 1 N–H and O–H groups in total. The Morgan fingerprint density at radius 2 is 2.00 bits per heavy atom. The zero-order valence-corrected chi connectivity index (χ0v) is 16.6. The lowest BCUT2D eigenvalue weighted by Gasteiger charge is -2.14. The summed E-state index contributed by atoms with van der Waals surface area (Å²) < 4.78 is 3.36. The van der Waals surface area contributed by atoms with Crippen molar-refractivity contribution >= 4 is 65.1 Å². The van der Waals surface area contributed by atoms with Crippen LogP contribution >= 0.6 is 47.8 Å². The number of rotatable bonds is 5. The van der Waals surface area contributed by atoms with Crippen LogP contribution in [0.2, 0.25) is 0 Å². The lowest BCUT2D eigenvalue weighted by molar-refractivity contribution is -0.385. The molecule has 1 aromatic heterocycles. The van der Waals surface area contributed by atoms with E-state index in [1.54, 1.807) is 24.0 Å². The number of nitrogens with one attached hydrogen (secondary N) is 1. The van der Waals surface area contributed by atoms with Gasteiger partial charge < -0.3 is 5.32 Å². The number of halogens is 3. The van der Waals surface area contributed by atoms with Crippen LogP contribution in [0.4, 0.5) is 11.4 Å². The first-order valence-electron chi connectivity index (χ1n) is 6.40. The smallest absolute Gasteiger partial charge is 0.271 e. The van der Waals surface area contributed by atoms with Gasteiger partial charge in [0, 0.05) is 27.3 Å². The van der Waals surface area contributed by atoms with E-state index in [0.717, 1.165) is 4.47 Å². The summed E-state index contributed by atoms with van der Waals surface area (Å²) in [6, 6.07) is 2.69. The third kappa shape index (κ3) is 4.61. The molecule has 0 fully saturated rings. The maximum Gasteiger partial charge on any atom is 0.271 e. The Kier molecular flexibility index (Phi) is 5.93. The largest absolute Gasteiger partial charge is 0.324 e. The quantitative estimate of drug-likeness (QED) is 0.478. The van der Waals surface area contributed by atoms with Crippen molar-refractivity contribution in [1.82, 2.24) is 9.78 Å². The number of anilines is 1. The molecule has 1 unspecified atom stereocenters. The van der Waals surface area contributed by atoms with Crippen LogP contribution < -0.4 is 5.32 Å². The monoisotopic (exact) mass is 508 g/mol. The lowest BCUT2D eigenvalue weighted by atomic mass is 10.1. The van der Waals surface area contributed by atoms with Crippen molar-refractivity contribution in [2.75, 3.05) is 5.32 Å². The van der Waals surface area contributed by atoms with E-state index in [9.17, 15) is 14.9 Å². The first-order chi connectivity index (χ1) is 10.8. The van der Waals surface area contributed by atoms with Gasteiger partial charge in [0.2, 0.25) is 5.91 Å². The second-order valence-electron chi connectivity index (χ2n) is 4.81. The van der Waals surface area contributed by atoms with E-state index in [0.29, 0.717) is 21.2 Å². The fourth-order valence-corrected chi connectivity index (χ4v) is 3.52. The minimum Gasteiger partial charge on any atom is -0.324 e. The molecule has 10 heteroatoms. The van der Waals surface area contributed by atoms with Crippen LogP contribution in [0.5, 0.6) is 0 Å². The Morgan fingerprint density at radius 3 is 2.48 bits per heavy atom. The molecule has 7 nitrogen and oxygen atoms in total. The van der Waals surface area contributed by atoms with E-state index < -0.39 is 4.92 Å². The van der Waals surface area contributed by atoms with Crippen LogP contribution in [-0.4, -0.2) is 20.6 Å². The van der Waals surface area contributed by atoms with Gasteiger partial charge in [-0.25, -0.2) is 0 Å². The topological polar surface area (TPSA) is 90.1 Å². The number of nitrogens with zero attached hydrogens (tertiary/aromatic N) is 3. The molecule has 1 aromatic carbocycles. The van der Waals surface area contributed by atoms with Gasteiger partial charge in [-0.3, -0.25) is 19.6 Å². The van der Waals surface area contributed by atoms with Crippen LogP contribution in [-0.2, 0) is 11.3 Å². The Morgan fingerprint density at radius 1 is 1.39 bits per heavy atom. The summed E-state index contributed by atoms with van der Waals surface area (Å²) >= 11 is 9.78. The van der Waals surface area contributed by atoms with Gasteiger partial charge in [-0.2, -0.15) is 5.10 Å². The molecular formula is C13H11Br3N4O3. The van der Waals surface area contributed by atoms with Crippen molar-refractivity contribution in [3.8, 4) is 0 Å². The second kappa shape index (κ2) is 7.54. The highest BCUT2D eigenvalue weighted by molar-refractivity contribution is 9.11. The number of nitro groups is 1. The zero-order chi connectivity index (χ0) is 17.1. The average Bonchev–Trinajstić information content (AvgIpc) is 2.87. The maximum atomic E-state index is 12.3. The van der Waals surface area contributed by atoms with E-state index in [1.165, 1.54) is 12.1 Å². The highest BCUT2D eigenvalue weighted by atomic mass is 79.9. The van der Waals surface area contributed by atoms with Crippen LogP contribution in [0.1, 0.15) is 6.92 Å². The molecule has 1 atom stereocenters. The van der Waals surface area contributed by atoms with E-state index in [1.807, 2.05) is 0 Å². The standard InChI is InChI=1S/C13H11Br3N4O3/c1-7(5-19-6-8(14)4-17-19)13(21)18-12-10(15)2-9(20(22)23)3-11(12)16/h2-4,6-7H,5H2,1H3,(H,18,21). The van der Waals surface area contributed by atoms with Crippen LogP contribution in [0.25, 0.3) is 0 Å². The van der Waals surface area contributed by atoms with Gasteiger partial charge in [-0.05, 0) is 47.8 Å². The Bertz CT molecular complexity index is 740. The molecule has 0 aliphatic carbocycles. The highest BCUT2D eigenvalue weighted by Crippen LogP contribution is 2.35. The number of hydrogen-bond donors (Lipinski definition) is 1. The van der Waals surface area contributed by atoms with Crippen molar-refractivity contribution < 1.29 is 9.72 Å². The summed E-state index contributed by atoms with van der Waals surface area (Å²) in [5.74, 6) is -0.553. The van der Waals surface area contributed by atoms with Gasteiger partial charge in [-0.15, -0.1) is 0 Å². The second-order valence-corrected chi connectivity index (χ2v) is 7.44. The molecule has 1 heterocycles. The third-order valence-corrected chi connectivity index (χ3v) is 4.66. The number of benzene rings is 1. The van der Waals surface area contributed by atoms with Crippen LogP contribution in [0, 0.1) is 16.0 Å². The molecule has 23 heavy (non-hydrogen) atoms. The van der Waals surface area contributed by atoms with Gasteiger partial charge in [0.15, 0.2) is 0 Å². The number of non-ortho nitro benzene ring substituents is 1. The van der Waals surface area contributed by atoms with Crippen molar-refractivity contribution in [1.29, 1.82) is 0 Å². The lowest BCUT2D eigenvalue weighted by Crippen LogP contribution is -2.25. The summed E-state index contributed by atoms with van der Waals surface area (Å²) in [6.07, 6.45) is 3.43. The van der Waals surface area contributed by atoms with Crippen molar-refractivity contribution in [2.24, 2.45) is 5.92 Å². The van der Waals surface area contributed by atoms with Crippen LogP contribution in [0.15, 0.2) is 37.9 Å². The molecule has 1 amide bonds. The molecule has 0 aliphatic rings. The predicted octanol–water partition coefficient (Wildman–Crippen LogP) is 4.35. The highest BCUT2D eigenvalue weighted by Gasteiger charge is 2.19. The number of carbonyl (C=O) groups excluding carboxylic acids is 1. The summed E-state index contributed by atoms with van der Waals surface area (Å²) in [4.78, 5) is 22.6. The molecule has 0 spiro atoms. The number of aromatic nitrogens is 2. The Balaban J connectivity index is 2.12. The third-order valence-electron chi connectivity index (χ3n) is 3.00. The summed E-state index contributed by atoms with van der Waals surface area (Å²) in [5.41, 5.74) is 0.380. The van der Waals surface area contributed by atoms with E-state index in [2.05, 4.69) is 58.2 Å². The van der Waals surface area contributed by atoms with Gasteiger partial charge >= 0.3 is 0 Å². The van der Waals surface area contributed by atoms with Crippen molar-refractivity contribution in [3.05, 3.63) is 48.1 Å². The Labute approximate surface area is 157 Å². The van der Waals surface area contributed by atoms with E-state index >= 15 is 0 Å². The van der Waals surface area contributed by atoms with Crippen LogP contribution in [0.3, 0.4) is 0 Å². The molecule has 0 radical (unpaired) electrons. The molecule has 0 bridgehead atoms. The average molecular weight is 511 g/mol. The fourth-order valence-electron chi connectivity index (χ4n) is 1.83. The van der Waals surface area contributed by atoms with E-state index in [4.69, 9.17) is 0 Å². The summed E-state index contributed by atoms with van der Waals surface area (Å²) in [5, 5.41) is 17.7. The summed E-state index contributed by atoms with van der Waals surface area (Å²) in [7, 11) is 0. The number of hydrogen-bond acceptors (Lipinski definition) is 4. The number of nitro benzene ring substituents is 1. The Hall–Kier alpha value is -1.26. The molecular weight excluding hydrogens is 500 g/mol. The molecule has 0 saturated heterocycles. The van der Waals surface area contributed by atoms with Gasteiger partial charge in [0.1, 0.15) is 0 Å². The minimum atomic E-state index is -0.501. The first kappa shape index (κ1) is 18.1. The molecule has 2 aromatic rings. The van der Waals surface area contributed by atoms with E-state index in [-0.39, 0.29) is 17.5 Å². The number of carbonyl (C=O) groups is 1. The molecule has 0 aliphatic heterocycles. The normalized spacial score (nSPS) is 12.0. The SMILES string of the molecule is CC(Cn1cc(Br)cn1)C(=O)Nc1c(Br)cc([N+](=O)[O-])cc1Br. The van der Waals surface area contributed by atoms with Crippen molar-refractivity contribution in [2.45, 2.75) is 13.5 Å². The minimum absolute atomic E-state index is 0.0730. The first-order valence-corrected chi connectivity index (χ1v) is 8.78. The number of amides is 1. The fraction of sp³-hybridized carbons (Fsp3) is 0.231. The van der Waals surface area contributed by atoms with Gasteiger partial charge in [0.05, 0.1) is 33.7 Å². The zero-order valence-electron chi connectivity index (χ0n) is 11.8. The molecule has 122 valence electrons.